The maximum absolute atomic E-state index is 13.0. The van der Waals surface area contributed by atoms with Crippen LogP contribution in [0.3, 0.4) is 0 Å². The van der Waals surface area contributed by atoms with Crippen molar-refractivity contribution in [1.82, 2.24) is 24.4 Å². The molecule has 1 aliphatic rings. The second-order valence-corrected chi connectivity index (χ2v) is 5.41. The van der Waals surface area contributed by atoms with E-state index >= 15 is 0 Å². The van der Waals surface area contributed by atoms with Gasteiger partial charge in [-0.1, -0.05) is 0 Å². The minimum absolute atomic E-state index is 0.361. The van der Waals surface area contributed by atoms with Crippen LogP contribution < -0.4 is 5.32 Å². The number of imidazole rings is 2. The van der Waals surface area contributed by atoms with Gasteiger partial charge in [-0.2, -0.15) is 13.2 Å². The summed E-state index contributed by atoms with van der Waals surface area (Å²) in [6.07, 6.45) is 3.24. The first kappa shape index (κ1) is 15.1. The summed E-state index contributed by atoms with van der Waals surface area (Å²) in [6, 6.07) is 0. The highest BCUT2D eigenvalue weighted by Crippen LogP contribution is 2.32. The van der Waals surface area contributed by atoms with E-state index < -0.39 is 12.0 Å². The van der Waals surface area contributed by atoms with Gasteiger partial charge in [0, 0.05) is 44.3 Å². The first-order chi connectivity index (χ1) is 10.6. The van der Waals surface area contributed by atoms with Crippen LogP contribution in [0.4, 0.5) is 13.2 Å². The summed E-state index contributed by atoms with van der Waals surface area (Å²) in [4.78, 5) is 7.80. The van der Waals surface area contributed by atoms with E-state index in [1.54, 1.807) is 12.5 Å². The average molecular weight is 313 g/mol. The summed E-state index contributed by atoms with van der Waals surface area (Å²) in [7, 11) is 0. The molecule has 0 aliphatic carbocycles. The van der Waals surface area contributed by atoms with E-state index in [-0.39, 0.29) is 0 Å². The first-order valence-corrected chi connectivity index (χ1v) is 7.37. The van der Waals surface area contributed by atoms with Crippen molar-refractivity contribution < 1.29 is 13.2 Å². The van der Waals surface area contributed by atoms with Crippen molar-refractivity contribution in [3.05, 3.63) is 35.9 Å². The van der Waals surface area contributed by atoms with Crippen molar-refractivity contribution in [2.24, 2.45) is 0 Å². The number of aromatic nitrogens is 4. The number of nitrogens with zero attached hydrogens (tertiary/aromatic N) is 4. The molecule has 3 rings (SSSR count). The Kier molecular flexibility index (Phi) is 4.19. The van der Waals surface area contributed by atoms with Gasteiger partial charge in [0.15, 0.2) is 0 Å². The molecule has 0 saturated heterocycles. The molecule has 22 heavy (non-hydrogen) atoms. The SMILES string of the molecule is FC(F)(F)c1nc(CNCCn2ccnc2)c2n1CCCC2. The zero-order valence-corrected chi connectivity index (χ0v) is 12.1. The molecule has 2 aromatic rings. The van der Waals surface area contributed by atoms with E-state index in [9.17, 15) is 13.2 Å². The van der Waals surface area contributed by atoms with Gasteiger partial charge in [0.25, 0.3) is 0 Å². The smallest absolute Gasteiger partial charge is 0.336 e. The molecule has 5 nitrogen and oxygen atoms in total. The normalized spacial score (nSPS) is 15.0. The third-order valence-electron chi connectivity index (χ3n) is 3.85. The maximum Gasteiger partial charge on any atom is 0.449 e. The van der Waals surface area contributed by atoms with Crippen molar-refractivity contribution in [3.8, 4) is 0 Å². The molecule has 0 unspecified atom stereocenters. The number of nitrogens with one attached hydrogen (secondary N) is 1. The number of rotatable bonds is 5. The molecular formula is C14H18F3N5. The minimum atomic E-state index is -4.39. The fraction of sp³-hybridized carbons (Fsp3) is 0.571. The molecule has 0 amide bonds. The van der Waals surface area contributed by atoms with Gasteiger partial charge in [0.05, 0.1) is 12.0 Å². The molecule has 0 saturated carbocycles. The standard InChI is InChI=1S/C14H18F3N5/c15-14(16,17)13-20-11(12-3-1-2-6-22(12)13)9-18-4-7-21-8-5-19-10-21/h5,8,10,18H,1-4,6-7,9H2. The quantitative estimate of drug-likeness (QED) is 0.861. The number of alkyl halides is 3. The van der Waals surface area contributed by atoms with E-state index in [1.165, 1.54) is 4.57 Å². The third kappa shape index (κ3) is 3.16. The van der Waals surface area contributed by atoms with Gasteiger partial charge in [-0.15, -0.1) is 0 Å². The summed E-state index contributed by atoms with van der Waals surface area (Å²) < 4.78 is 42.4. The minimum Gasteiger partial charge on any atom is -0.336 e. The van der Waals surface area contributed by atoms with Crippen LogP contribution in [-0.4, -0.2) is 25.6 Å². The molecule has 3 heterocycles. The third-order valence-corrected chi connectivity index (χ3v) is 3.85. The topological polar surface area (TPSA) is 47.7 Å². The van der Waals surface area contributed by atoms with Gasteiger partial charge in [-0.05, 0) is 19.3 Å². The molecule has 1 N–H and O–H groups in total. The Morgan fingerprint density at radius 3 is 2.86 bits per heavy atom. The van der Waals surface area contributed by atoms with Gasteiger partial charge < -0.3 is 14.5 Å². The number of hydrogen-bond acceptors (Lipinski definition) is 3. The zero-order chi connectivity index (χ0) is 15.6. The van der Waals surface area contributed by atoms with Crippen molar-refractivity contribution in [2.75, 3.05) is 6.54 Å². The summed E-state index contributed by atoms with van der Waals surface area (Å²) >= 11 is 0. The van der Waals surface area contributed by atoms with E-state index in [2.05, 4.69) is 15.3 Å². The first-order valence-electron chi connectivity index (χ1n) is 7.37. The lowest BCUT2D eigenvalue weighted by Gasteiger charge is -2.18. The second kappa shape index (κ2) is 6.12. The van der Waals surface area contributed by atoms with Crippen molar-refractivity contribution in [1.29, 1.82) is 0 Å². The molecule has 120 valence electrons. The van der Waals surface area contributed by atoms with Crippen LogP contribution in [-0.2, 0) is 32.2 Å². The predicted octanol–water partition coefficient (Wildman–Crippen LogP) is 2.22. The Balaban J connectivity index is 1.67. The molecule has 2 aromatic heterocycles. The Morgan fingerprint density at radius 2 is 2.14 bits per heavy atom. The summed E-state index contributed by atoms with van der Waals surface area (Å²) in [5.74, 6) is -0.756. The van der Waals surface area contributed by atoms with Crippen LogP contribution in [0.1, 0.15) is 30.1 Å². The molecule has 0 bridgehead atoms. The Bertz CT molecular complexity index is 615. The summed E-state index contributed by atoms with van der Waals surface area (Å²) in [5, 5.41) is 3.16. The number of fused-ring (bicyclic) bond motifs is 1. The maximum atomic E-state index is 13.0. The fourth-order valence-electron chi connectivity index (χ4n) is 2.81. The molecule has 0 spiro atoms. The van der Waals surface area contributed by atoms with E-state index in [4.69, 9.17) is 0 Å². The van der Waals surface area contributed by atoms with Crippen LogP contribution in [0.15, 0.2) is 18.7 Å². The monoisotopic (exact) mass is 313 g/mol. The van der Waals surface area contributed by atoms with E-state index in [0.29, 0.717) is 31.7 Å². The molecule has 1 aliphatic heterocycles. The van der Waals surface area contributed by atoms with Crippen molar-refractivity contribution in [2.45, 2.75) is 45.1 Å². The fourth-order valence-corrected chi connectivity index (χ4v) is 2.81. The van der Waals surface area contributed by atoms with Gasteiger partial charge in [-0.25, -0.2) is 9.97 Å². The lowest BCUT2D eigenvalue weighted by atomic mass is 10.1. The molecule has 0 radical (unpaired) electrons. The van der Waals surface area contributed by atoms with Crippen LogP contribution in [0.25, 0.3) is 0 Å². The van der Waals surface area contributed by atoms with Crippen molar-refractivity contribution in [3.63, 3.8) is 0 Å². The predicted molar refractivity (Wildman–Crippen MR) is 74.1 cm³/mol. The van der Waals surface area contributed by atoms with Crippen LogP contribution in [0.5, 0.6) is 0 Å². The molecule has 0 atom stereocenters. The molecular weight excluding hydrogens is 295 g/mol. The lowest BCUT2D eigenvalue weighted by molar-refractivity contribution is -0.147. The Hall–Kier alpha value is -1.83. The zero-order valence-electron chi connectivity index (χ0n) is 12.1. The van der Waals surface area contributed by atoms with Crippen LogP contribution in [0, 0.1) is 0 Å². The largest absolute Gasteiger partial charge is 0.449 e. The second-order valence-electron chi connectivity index (χ2n) is 5.41. The van der Waals surface area contributed by atoms with Gasteiger partial charge in [0.1, 0.15) is 0 Å². The van der Waals surface area contributed by atoms with Crippen molar-refractivity contribution >= 4 is 0 Å². The Morgan fingerprint density at radius 1 is 1.27 bits per heavy atom. The van der Waals surface area contributed by atoms with E-state index in [0.717, 1.165) is 25.1 Å². The highest BCUT2D eigenvalue weighted by Gasteiger charge is 2.39. The lowest BCUT2D eigenvalue weighted by Crippen LogP contribution is -2.21. The summed E-state index contributed by atoms with van der Waals surface area (Å²) in [6.45, 7) is 2.15. The van der Waals surface area contributed by atoms with Gasteiger partial charge >= 0.3 is 6.18 Å². The number of halogens is 3. The van der Waals surface area contributed by atoms with Crippen LogP contribution >= 0.6 is 0 Å². The van der Waals surface area contributed by atoms with Gasteiger partial charge in [-0.3, -0.25) is 0 Å². The van der Waals surface area contributed by atoms with E-state index in [1.807, 2.05) is 10.8 Å². The molecule has 8 heteroatoms. The summed E-state index contributed by atoms with van der Waals surface area (Å²) in [5.41, 5.74) is 1.26. The highest BCUT2D eigenvalue weighted by atomic mass is 19.4. The Labute approximate surface area is 126 Å². The van der Waals surface area contributed by atoms with Crippen LogP contribution in [0.2, 0.25) is 0 Å². The molecule has 0 fully saturated rings. The highest BCUT2D eigenvalue weighted by molar-refractivity contribution is 5.20. The average Bonchev–Trinajstić information content (AvgIpc) is 3.11. The molecule has 0 aromatic carbocycles. The van der Waals surface area contributed by atoms with Gasteiger partial charge in [0.2, 0.25) is 5.82 Å². The number of hydrogen-bond donors (Lipinski definition) is 1.